The second kappa shape index (κ2) is 6.09. The van der Waals surface area contributed by atoms with E-state index in [2.05, 4.69) is 72.2 Å². The topological polar surface area (TPSA) is 19.4 Å². The fraction of sp³-hybridized carbons (Fsp3) is 0.522. The van der Waals surface area contributed by atoms with E-state index in [-0.39, 0.29) is 0 Å². The molecule has 0 amide bonds. The molecule has 2 fully saturated rings. The molecule has 0 saturated carbocycles. The molecule has 1 aromatic carbocycles. The van der Waals surface area contributed by atoms with Crippen LogP contribution in [0.4, 0.5) is 5.69 Å². The summed E-state index contributed by atoms with van der Waals surface area (Å²) >= 11 is 0. The number of hydrogen-bond donors (Lipinski definition) is 0. The first-order chi connectivity index (χ1) is 12.6. The van der Waals surface area contributed by atoms with Gasteiger partial charge in [0.2, 0.25) is 0 Å². The number of rotatable bonds is 3. The average Bonchev–Trinajstić information content (AvgIpc) is 3.04. The highest BCUT2D eigenvalue weighted by Crippen LogP contribution is 2.52. The fourth-order valence-electron chi connectivity index (χ4n) is 5.74. The fourth-order valence-corrected chi connectivity index (χ4v) is 5.74. The molecular weight excluding hydrogens is 318 g/mol. The predicted octanol–water partition coefficient (Wildman–Crippen LogP) is 4.08. The number of likely N-dealkylation sites (N-methyl/N-ethyl adjacent to an activating group) is 1. The summed E-state index contributed by atoms with van der Waals surface area (Å²) in [4.78, 5) is 9.90. The van der Waals surface area contributed by atoms with E-state index < -0.39 is 0 Å². The summed E-state index contributed by atoms with van der Waals surface area (Å²) < 4.78 is 0. The minimum absolute atomic E-state index is 0.680. The quantitative estimate of drug-likeness (QED) is 0.834. The van der Waals surface area contributed by atoms with Crippen LogP contribution in [0.2, 0.25) is 0 Å². The van der Waals surface area contributed by atoms with Gasteiger partial charge in [0.1, 0.15) is 0 Å². The molecule has 0 unspecified atom stereocenters. The van der Waals surface area contributed by atoms with Crippen molar-refractivity contribution >= 4 is 5.69 Å². The lowest BCUT2D eigenvalue weighted by atomic mass is 9.83. The second-order valence-electron chi connectivity index (χ2n) is 8.61. The third-order valence-electron chi connectivity index (χ3n) is 7.10. The Morgan fingerprint density at radius 2 is 1.96 bits per heavy atom. The van der Waals surface area contributed by atoms with Gasteiger partial charge < -0.3 is 4.90 Å². The molecule has 0 spiro atoms. The van der Waals surface area contributed by atoms with E-state index in [0.29, 0.717) is 12.0 Å². The number of benzene rings is 1. The minimum Gasteiger partial charge on any atom is -0.367 e. The van der Waals surface area contributed by atoms with Gasteiger partial charge in [0.15, 0.2) is 0 Å². The zero-order valence-corrected chi connectivity index (χ0v) is 16.2. The maximum atomic E-state index is 4.48. The van der Waals surface area contributed by atoms with Gasteiger partial charge in [0.25, 0.3) is 0 Å². The van der Waals surface area contributed by atoms with E-state index in [0.717, 1.165) is 30.7 Å². The molecular formula is C23H29N3. The van der Waals surface area contributed by atoms with E-state index in [1.807, 2.05) is 0 Å². The molecule has 5 rings (SSSR count). The maximum Gasteiger partial charge on any atom is 0.0406 e. The highest BCUT2D eigenvalue weighted by Gasteiger charge is 2.51. The lowest BCUT2D eigenvalue weighted by molar-refractivity contribution is 0.142. The van der Waals surface area contributed by atoms with E-state index in [1.165, 1.54) is 36.1 Å². The minimum atomic E-state index is 0.680. The number of aromatic nitrogens is 1. The molecule has 3 aliphatic rings. The summed E-state index contributed by atoms with van der Waals surface area (Å²) in [5, 5.41) is 0. The molecule has 2 bridgehead atoms. The Labute approximate surface area is 157 Å². The largest absolute Gasteiger partial charge is 0.367 e. The summed E-state index contributed by atoms with van der Waals surface area (Å²) in [5.74, 6) is 0.685. The Morgan fingerprint density at radius 3 is 2.77 bits per heavy atom. The Morgan fingerprint density at radius 1 is 1.08 bits per heavy atom. The third kappa shape index (κ3) is 2.48. The van der Waals surface area contributed by atoms with Gasteiger partial charge in [-0.1, -0.05) is 23.8 Å². The Hall–Kier alpha value is -1.87. The molecule has 0 aliphatic carbocycles. The molecule has 26 heavy (non-hydrogen) atoms. The van der Waals surface area contributed by atoms with Gasteiger partial charge in [0, 0.05) is 48.2 Å². The van der Waals surface area contributed by atoms with Gasteiger partial charge >= 0.3 is 0 Å². The van der Waals surface area contributed by atoms with Gasteiger partial charge in [-0.25, -0.2) is 0 Å². The summed E-state index contributed by atoms with van der Waals surface area (Å²) in [6.45, 7) is 5.40. The van der Waals surface area contributed by atoms with Crippen molar-refractivity contribution in [1.29, 1.82) is 0 Å². The van der Waals surface area contributed by atoms with E-state index in [1.54, 1.807) is 5.56 Å². The number of pyridine rings is 1. The number of nitrogens with zero attached hydrogens (tertiary/aromatic N) is 3. The van der Waals surface area contributed by atoms with Crippen LogP contribution >= 0.6 is 0 Å². The normalized spacial score (nSPS) is 29.7. The van der Waals surface area contributed by atoms with Crippen molar-refractivity contribution in [3.05, 3.63) is 58.9 Å². The molecule has 0 radical (unpaired) electrons. The molecule has 2 saturated heterocycles. The van der Waals surface area contributed by atoms with Crippen molar-refractivity contribution in [2.75, 3.05) is 18.5 Å². The Kier molecular flexibility index (Phi) is 3.82. The average molecular weight is 348 g/mol. The highest BCUT2D eigenvalue weighted by atomic mass is 15.3. The first-order valence-electron chi connectivity index (χ1n) is 10.1. The number of anilines is 1. The summed E-state index contributed by atoms with van der Waals surface area (Å²) in [7, 11) is 2.36. The molecule has 2 aromatic rings. The molecule has 136 valence electrons. The van der Waals surface area contributed by atoms with Gasteiger partial charge in [-0.2, -0.15) is 0 Å². The maximum absolute atomic E-state index is 4.48. The molecule has 3 nitrogen and oxygen atoms in total. The summed E-state index contributed by atoms with van der Waals surface area (Å²) in [6, 6.07) is 13.7. The first kappa shape index (κ1) is 16.3. The van der Waals surface area contributed by atoms with E-state index >= 15 is 0 Å². The lowest BCUT2D eigenvalue weighted by Gasteiger charge is -2.43. The van der Waals surface area contributed by atoms with E-state index in [4.69, 9.17) is 0 Å². The zero-order chi connectivity index (χ0) is 17.8. The number of fused-ring (bicyclic) bond motifs is 6. The van der Waals surface area contributed by atoms with Gasteiger partial charge in [-0.3, -0.25) is 9.88 Å². The number of hydrogen-bond acceptors (Lipinski definition) is 3. The Bertz CT molecular complexity index is 813. The van der Waals surface area contributed by atoms with Crippen molar-refractivity contribution in [1.82, 2.24) is 9.88 Å². The summed E-state index contributed by atoms with van der Waals surface area (Å²) in [6.07, 6.45) is 7.19. The van der Waals surface area contributed by atoms with Crippen LogP contribution in [-0.4, -0.2) is 41.6 Å². The van der Waals surface area contributed by atoms with E-state index in [9.17, 15) is 0 Å². The van der Waals surface area contributed by atoms with Crippen LogP contribution in [0.3, 0.4) is 0 Å². The van der Waals surface area contributed by atoms with Crippen LogP contribution in [0.1, 0.15) is 47.6 Å². The first-order valence-corrected chi connectivity index (χ1v) is 10.1. The van der Waals surface area contributed by atoms with Gasteiger partial charge in [-0.15, -0.1) is 0 Å². The van der Waals surface area contributed by atoms with Crippen LogP contribution in [0.15, 0.2) is 36.5 Å². The van der Waals surface area contributed by atoms with Crippen LogP contribution in [0, 0.1) is 13.8 Å². The number of piperidine rings is 1. The van der Waals surface area contributed by atoms with Gasteiger partial charge in [0.05, 0.1) is 0 Å². The lowest BCUT2D eigenvalue weighted by Crippen LogP contribution is -2.51. The molecule has 1 aromatic heterocycles. The predicted molar refractivity (Wildman–Crippen MR) is 107 cm³/mol. The van der Waals surface area contributed by atoms with Crippen LogP contribution in [0.5, 0.6) is 0 Å². The molecule has 3 heteroatoms. The van der Waals surface area contributed by atoms with Crippen molar-refractivity contribution in [2.45, 2.75) is 63.6 Å². The van der Waals surface area contributed by atoms with Gasteiger partial charge in [-0.05, 0) is 69.8 Å². The summed E-state index contributed by atoms with van der Waals surface area (Å²) in [5.41, 5.74) is 6.95. The van der Waals surface area contributed by atoms with Crippen molar-refractivity contribution in [2.24, 2.45) is 0 Å². The third-order valence-corrected chi connectivity index (χ3v) is 7.10. The Balaban J connectivity index is 1.46. The zero-order valence-electron chi connectivity index (χ0n) is 16.2. The SMILES string of the molecule is Cc1ccc2c(c1)[C@@H]1[C@H]3CC[C@@H](C[C@@H]1N2CCc1ccc(C)nc1)N3C. The van der Waals surface area contributed by atoms with Crippen molar-refractivity contribution in [3.8, 4) is 0 Å². The molecule has 4 atom stereocenters. The van der Waals surface area contributed by atoms with Crippen molar-refractivity contribution < 1.29 is 0 Å². The number of aryl methyl sites for hydroxylation is 2. The van der Waals surface area contributed by atoms with Crippen LogP contribution in [0.25, 0.3) is 0 Å². The van der Waals surface area contributed by atoms with Crippen molar-refractivity contribution in [3.63, 3.8) is 0 Å². The van der Waals surface area contributed by atoms with Crippen LogP contribution < -0.4 is 4.90 Å². The smallest absolute Gasteiger partial charge is 0.0406 e. The van der Waals surface area contributed by atoms with Crippen LogP contribution in [-0.2, 0) is 6.42 Å². The standard InChI is InChI=1S/C23H29N3/c1-15-4-8-20-19(12-15)23-21-9-7-18(25(21)3)13-22(23)26(20)11-10-17-6-5-16(2)24-14-17/h4-6,8,12,14,18,21-23H,7,9-11,13H2,1-3H3/t18-,21+,22-,23+/m0/s1. The molecule has 0 N–H and O–H groups in total. The molecule has 3 aliphatic heterocycles. The second-order valence-corrected chi connectivity index (χ2v) is 8.61. The highest BCUT2D eigenvalue weighted by molar-refractivity contribution is 5.64. The monoisotopic (exact) mass is 347 g/mol. The molecule has 4 heterocycles.